The van der Waals surface area contributed by atoms with Gasteiger partial charge in [0.2, 0.25) is 0 Å². The summed E-state index contributed by atoms with van der Waals surface area (Å²) in [7, 11) is 1.34. The van der Waals surface area contributed by atoms with Crippen molar-refractivity contribution in [2.24, 2.45) is 0 Å². The Morgan fingerprint density at radius 3 is 2.70 bits per heavy atom. The molecule has 0 unspecified atom stereocenters. The molecule has 1 aliphatic heterocycles. The second kappa shape index (κ2) is 8.10. The molecular weight excluding hydrogens is 384 g/mol. The van der Waals surface area contributed by atoms with Crippen molar-refractivity contribution in [1.82, 2.24) is 20.8 Å². The summed E-state index contributed by atoms with van der Waals surface area (Å²) in [6.07, 6.45) is 0. The molecule has 0 fully saturated rings. The van der Waals surface area contributed by atoms with Gasteiger partial charge in [-0.15, -0.1) is 10.2 Å². The Balaban J connectivity index is 2.00. The van der Waals surface area contributed by atoms with E-state index < -0.39 is 12.0 Å². The predicted octanol–water partition coefficient (Wildman–Crippen LogP) is 3.04. The highest BCUT2D eigenvalue weighted by Crippen LogP contribution is 2.32. The third-order valence-corrected chi connectivity index (χ3v) is 6.14. The molecule has 0 spiro atoms. The number of nitrogens with zero attached hydrogens (tertiary/aromatic N) is 2. The van der Waals surface area contributed by atoms with Crippen LogP contribution < -0.4 is 10.6 Å². The molecule has 3 rings (SSSR count). The number of hydrogen-bond donors (Lipinski definition) is 2. The van der Waals surface area contributed by atoms with E-state index in [4.69, 9.17) is 4.74 Å². The van der Waals surface area contributed by atoms with Crippen molar-refractivity contribution in [1.29, 1.82) is 0 Å². The van der Waals surface area contributed by atoms with Crippen LogP contribution in [0.3, 0.4) is 0 Å². The van der Waals surface area contributed by atoms with E-state index in [2.05, 4.69) is 20.8 Å². The average molecular weight is 405 g/mol. The largest absolute Gasteiger partial charge is 0.466 e. The van der Waals surface area contributed by atoms with Crippen LogP contribution in [0.5, 0.6) is 0 Å². The molecule has 0 radical (unpaired) electrons. The van der Waals surface area contributed by atoms with Gasteiger partial charge in [-0.3, -0.25) is 0 Å². The molecule has 7 nitrogen and oxygen atoms in total. The molecule has 27 heavy (non-hydrogen) atoms. The molecule has 2 N–H and O–H groups in total. The summed E-state index contributed by atoms with van der Waals surface area (Å²) in [5.74, 6) is -0.0926. The van der Waals surface area contributed by atoms with Gasteiger partial charge in [0.15, 0.2) is 4.34 Å². The first-order chi connectivity index (χ1) is 12.9. The van der Waals surface area contributed by atoms with Crippen molar-refractivity contribution in [2.45, 2.75) is 31.2 Å². The zero-order chi connectivity index (χ0) is 19.6. The van der Waals surface area contributed by atoms with Crippen LogP contribution in [0.4, 0.5) is 4.79 Å². The third-order valence-electron chi connectivity index (χ3n) is 4.14. The fourth-order valence-corrected chi connectivity index (χ4v) is 4.72. The van der Waals surface area contributed by atoms with Crippen molar-refractivity contribution in [3.05, 3.63) is 51.2 Å². The summed E-state index contributed by atoms with van der Waals surface area (Å²) in [6.45, 7) is 5.84. The number of urea groups is 1. The van der Waals surface area contributed by atoms with Crippen molar-refractivity contribution >= 4 is 35.1 Å². The van der Waals surface area contributed by atoms with Crippen LogP contribution in [0.1, 0.15) is 27.7 Å². The maximum atomic E-state index is 12.6. The normalized spacial score (nSPS) is 16.7. The summed E-state index contributed by atoms with van der Waals surface area (Å²) in [6, 6.07) is 5.00. The molecule has 0 saturated carbocycles. The number of benzene rings is 1. The van der Waals surface area contributed by atoms with Gasteiger partial charge in [0.25, 0.3) is 0 Å². The predicted molar refractivity (Wildman–Crippen MR) is 105 cm³/mol. The average Bonchev–Trinajstić information content (AvgIpc) is 3.04. The van der Waals surface area contributed by atoms with Gasteiger partial charge in [-0.25, -0.2) is 9.59 Å². The summed E-state index contributed by atoms with van der Waals surface area (Å²) < 4.78 is 5.78. The fraction of sp³-hybridized carbons (Fsp3) is 0.333. The lowest BCUT2D eigenvalue weighted by atomic mass is 9.91. The second-order valence-corrected chi connectivity index (χ2v) is 8.56. The molecular formula is C18H20N4O3S2. The molecule has 2 heterocycles. The zero-order valence-corrected chi connectivity index (χ0v) is 17.1. The summed E-state index contributed by atoms with van der Waals surface area (Å²) in [5.41, 5.74) is 3.90. The van der Waals surface area contributed by atoms with Gasteiger partial charge >= 0.3 is 12.0 Å². The van der Waals surface area contributed by atoms with E-state index in [0.29, 0.717) is 17.0 Å². The highest BCUT2D eigenvalue weighted by Gasteiger charge is 2.34. The van der Waals surface area contributed by atoms with E-state index in [1.165, 1.54) is 30.2 Å². The molecule has 142 valence electrons. The van der Waals surface area contributed by atoms with Crippen LogP contribution in [0.2, 0.25) is 0 Å². The third kappa shape index (κ3) is 4.30. The Morgan fingerprint density at radius 1 is 1.30 bits per heavy atom. The number of aryl methyl sites for hydroxylation is 3. The number of methoxy groups -OCH3 is 1. The molecule has 1 aromatic heterocycles. The van der Waals surface area contributed by atoms with E-state index in [1.807, 2.05) is 39.0 Å². The van der Waals surface area contributed by atoms with E-state index in [1.54, 1.807) is 0 Å². The number of rotatable bonds is 5. The number of carbonyl (C=O) groups excluding carboxylic acids is 2. The minimum absolute atomic E-state index is 0.350. The van der Waals surface area contributed by atoms with Gasteiger partial charge in [-0.1, -0.05) is 46.9 Å². The van der Waals surface area contributed by atoms with Crippen molar-refractivity contribution in [2.75, 3.05) is 12.9 Å². The monoisotopic (exact) mass is 404 g/mol. The maximum absolute atomic E-state index is 12.6. The zero-order valence-electron chi connectivity index (χ0n) is 15.5. The second-order valence-electron chi connectivity index (χ2n) is 6.15. The lowest BCUT2D eigenvalue weighted by Crippen LogP contribution is -2.46. The first-order valence-electron chi connectivity index (χ1n) is 8.28. The van der Waals surface area contributed by atoms with E-state index in [9.17, 15) is 9.59 Å². The number of aromatic nitrogens is 2. The van der Waals surface area contributed by atoms with Gasteiger partial charge in [0, 0.05) is 11.4 Å². The molecule has 9 heteroatoms. The quantitative estimate of drug-likeness (QED) is 0.588. The van der Waals surface area contributed by atoms with E-state index in [0.717, 1.165) is 26.0 Å². The van der Waals surface area contributed by atoms with Crippen molar-refractivity contribution in [3.8, 4) is 0 Å². The number of ether oxygens (including phenoxy) is 1. The van der Waals surface area contributed by atoms with Gasteiger partial charge in [0.1, 0.15) is 5.01 Å². The Kier molecular flexibility index (Phi) is 5.81. The van der Waals surface area contributed by atoms with Crippen molar-refractivity contribution in [3.63, 3.8) is 0 Å². The van der Waals surface area contributed by atoms with E-state index in [-0.39, 0.29) is 6.03 Å². The Bertz CT molecular complexity index is 923. The Hall–Kier alpha value is -2.39. The molecule has 2 amide bonds. The molecule has 1 aliphatic rings. The topological polar surface area (TPSA) is 93.2 Å². The van der Waals surface area contributed by atoms with Crippen LogP contribution in [0.25, 0.3) is 0 Å². The lowest BCUT2D eigenvalue weighted by Gasteiger charge is -2.30. The SMILES string of the molecule is COC(=O)C1=C(CSc2nnc(C)s2)NC(=O)N[C@@H]1c1ccc(C)cc1C. The molecule has 0 aliphatic carbocycles. The van der Waals surface area contributed by atoms with Gasteiger partial charge in [-0.05, 0) is 31.9 Å². The van der Waals surface area contributed by atoms with Gasteiger partial charge in [0.05, 0.1) is 18.7 Å². The fourth-order valence-electron chi connectivity index (χ4n) is 2.94. The van der Waals surface area contributed by atoms with Crippen molar-refractivity contribution < 1.29 is 14.3 Å². The van der Waals surface area contributed by atoms with Crippen LogP contribution in [-0.4, -0.2) is 35.1 Å². The smallest absolute Gasteiger partial charge is 0.338 e. The number of nitrogens with one attached hydrogen (secondary N) is 2. The summed E-state index contributed by atoms with van der Waals surface area (Å²) in [4.78, 5) is 24.8. The minimum Gasteiger partial charge on any atom is -0.466 e. The molecule has 1 atom stereocenters. The lowest BCUT2D eigenvalue weighted by molar-refractivity contribution is -0.136. The highest BCUT2D eigenvalue weighted by molar-refractivity contribution is 8.01. The Labute approximate surface area is 165 Å². The van der Waals surface area contributed by atoms with E-state index >= 15 is 0 Å². The first-order valence-corrected chi connectivity index (χ1v) is 10.1. The minimum atomic E-state index is -0.571. The number of esters is 1. The summed E-state index contributed by atoms with van der Waals surface area (Å²) in [5, 5.41) is 14.5. The van der Waals surface area contributed by atoms with Gasteiger partial charge < -0.3 is 15.4 Å². The number of amides is 2. The molecule has 1 aromatic carbocycles. The van der Waals surface area contributed by atoms with Crippen LogP contribution in [-0.2, 0) is 9.53 Å². The summed E-state index contributed by atoms with van der Waals surface area (Å²) >= 11 is 2.89. The van der Waals surface area contributed by atoms with Crippen LogP contribution >= 0.6 is 23.1 Å². The maximum Gasteiger partial charge on any atom is 0.338 e. The molecule has 0 saturated heterocycles. The number of thioether (sulfide) groups is 1. The molecule has 2 aromatic rings. The van der Waals surface area contributed by atoms with Crippen LogP contribution in [0, 0.1) is 20.8 Å². The standard InChI is InChI=1S/C18H20N4O3S2/c1-9-5-6-12(10(2)7-9)15-14(16(23)25-4)13(19-17(24)20-15)8-26-18-22-21-11(3)27-18/h5-7,15H,8H2,1-4H3,(H2,19,20,24)/t15-/m1/s1. The highest BCUT2D eigenvalue weighted by atomic mass is 32.2. The number of carbonyl (C=O) groups is 2. The first kappa shape index (κ1) is 19.4. The van der Waals surface area contributed by atoms with Gasteiger partial charge in [-0.2, -0.15) is 0 Å². The Morgan fingerprint density at radius 2 is 2.07 bits per heavy atom. The number of hydrogen-bond acceptors (Lipinski definition) is 7. The molecule has 0 bridgehead atoms. The van der Waals surface area contributed by atoms with Crippen LogP contribution in [0.15, 0.2) is 33.8 Å².